The summed E-state index contributed by atoms with van der Waals surface area (Å²) in [6, 6.07) is 15.5. The van der Waals surface area contributed by atoms with Crippen LogP contribution in [-0.4, -0.2) is 43.4 Å². The van der Waals surface area contributed by atoms with Gasteiger partial charge >= 0.3 is 6.09 Å². The van der Waals surface area contributed by atoms with Crippen LogP contribution in [0.5, 0.6) is 5.75 Å². The first-order chi connectivity index (χ1) is 15.1. The zero-order valence-corrected chi connectivity index (χ0v) is 17.5. The Morgan fingerprint density at radius 2 is 1.97 bits per heavy atom. The van der Waals surface area contributed by atoms with Gasteiger partial charge in [0.15, 0.2) is 11.5 Å². The fourth-order valence-electron chi connectivity index (χ4n) is 3.79. The van der Waals surface area contributed by atoms with Crippen LogP contribution in [-0.2, 0) is 0 Å². The van der Waals surface area contributed by atoms with Crippen LogP contribution in [0.25, 0.3) is 28.1 Å². The number of rotatable bonds is 8. The molecule has 2 atom stereocenters. The fourth-order valence-corrected chi connectivity index (χ4v) is 3.79. The first kappa shape index (κ1) is 20.6. The molecule has 0 saturated heterocycles. The summed E-state index contributed by atoms with van der Waals surface area (Å²) in [5.74, 6) is 1.39. The van der Waals surface area contributed by atoms with E-state index in [9.17, 15) is 4.79 Å². The summed E-state index contributed by atoms with van der Waals surface area (Å²) in [4.78, 5) is 15.8. The predicted molar refractivity (Wildman–Crippen MR) is 118 cm³/mol. The van der Waals surface area contributed by atoms with Crippen molar-refractivity contribution in [3.05, 3.63) is 54.7 Å². The SMILES string of the molecule is CCC(Oc1cccc2ccc(-c3nnc4ccccn34)nc12)[C@H](CC)CNC(=O)O. The molecule has 8 heteroatoms. The second-order valence-electron chi connectivity index (χ2n) is 7.40. The highest BCUT2D eigenvalue weighted by molar-refractivity contribution is 5.86. The standard InChI is InChI=1S/C23H25N5O3/c1-3-15(14-24-23(29)30)18(4-2)31-19-9-7-8-16-11-12-17(25-21(16)19)22-27-26-20-10-5-6-13-28(20)22/h5-13,15,18,24H,3-4,14H2,1-2H3,(H,29,30)/t15-,18?/m1/s1. The number of amides is 1. The maximum Gasteiger partial charge on any atom is 0.404 e. The number of nitrogens with one attached hydrogen (secondary N) is 1. The van der Waals surface area contributed by atoms with Gasteiger partial charge in [0.2, 0.25) is 0 Å². The number of fused-ring (bicyclic) bond motifs is 2. The molecule has 1 amide bonds. The number of aromatic nitrogens is 4. The molecule has 0 aliphatic heterocycles. The molecule has 3 heterocycles. The number of ether oxygens (including phenoxy) is 1. The summed E-state index contributed by atoms with van der Waals surface area (Å²) in [5, 5.41) is 20.9. The zero-order chi connectivity index (χ0) is 21.8. The molecule has 4 aromatic rings. The molecule has 31 heavy (non-hydrogen) atoms. The van der Waals surface area contributed by atoms with E-state index in [0.29, 0.717) is 23.8 Å². The van der Waals surface area contributed by atoms with Gasteiger partial charge in [0.25, 0.3) is 0 Å². The molecule has 2 N–H and O–H groups in total. The number of hydrogen-bond donors (Lipinski definition) is 2. The van der Waals surface area contributed by atoms with Gasteiger partial charge in [0, 0.05) is 24.0 Å². The average Bonchev–Trinajstić information content (AvgIpc) is 3.22. The van der Waals surface area contributed by atoms with Crippen molar-refractivity contribution in [2.45, 2.75) is 32.8 Å². The molecule has 3 aromatic heterocycles. The number of para-hydroxylation sites is 1. The van der Waals surface area contributed by atoms with E-state index in [-0.39, 0.29) is 12.0 Å². The Kier molecular flexibility index (Phi) is 5.97. The summed E-state index contributed by atoms with van der Waals surface area (Å²) < 4.78 is 8.28. The number of nitrogens with zero attached hydrogens (tertiary/aromatic N) is 4. The Bertz CT molecular complexity index is 1210. The van der Waals surface area contributed by atoms with Crippen LogP contribution < -0.4 is 10.1 Å². The smallest absolute Gasteiger partial charge is 0.404 e. The number of carbonyl (C=O) groups is 1. The maximum absolute atomic E-state index is 10.9. The van der Waals surface area contributed by atoms with Gasteiger partial charge in [-0.1, -0.05) is 38.1 Å². The topological polar surface area (TPSA) is 102 Å². The molecule has 1 aromatic carbocycles. The van der Waals surface area contributed by atoms with Crippen molar-refractivity contribution < 1.29 is 14.6 Å². The molecule has 4 rings (SSSR count). The van der Waals surface area contributed by atoms with Crippen molar-refractivity contribution >= 4 is 22.6 Å². The minimum absolute atomic E-state index is 0.0555. The molecule has 0 aliphatic rings. The van der Waals surface area contributed by atoms with E-state index >= 15 is 0 Å². The van der Waals surface area contributed by atoms with E-state index in [1.807, 2.05) is 73.0 Å². The zero-order valence-electron chi connectivity index (χ0n) is 17.5. The van der Waals surface area contributed by atoms with Crippen LogP contribution in [0.1, 0.15) is 26.7 Å². The van der Waals surface area contributed by atoms with Crippen molar-refractivity contribution in [2.24, 2.45) is 5.92 Å². The Labute approximate surface area is 179 Å². The minimum atomic E-state index is -1.02. The third kappa shape index (κ3) is 4.28. The lowest BCUT2D eigenvalue weighted by molar-refractivity contribution is 0.124. The lowest BCUT2D eigenvalue weighted by Gasteiger charge is -2.26. The van der Waals surface area contributed by atoms with Crippen molar-refractivity contribution in [3.63, 3.8) is 0 Å². The molecular formula is C23H25N5O3. The number of carboxylic acid groups (broad SMARTS) is 1. The molecular weight excluding hydrogens is 394 g/mol. The van der Waals surface area contributed by atoms with Crippen LogP contribution >= 0.6 is 0 Å². The highest BCUT2D eigenvalue weighted by Gasteiger charge is 2.22. The minimum Gasteiger partial charge on any atom is -0.488 e. The summed E-state index contributed by atoms with van der Waals surface area (Å²) in [7, 11) is 0. The van der Waals surface area contributed by atoms with Crippen LogP contribution in [0, 0.1) is 5.92 Å². The highest BCUT2D eigenvalue weighted by Crippen LogP contribution is 2.29. The number of hydrogen-bond acceptors (Lipinski definition) is 5. The highest BCUT2D eigenvalue weighted by atomic mass is 16.5. The quantitative estimate of drug-likeness (QED) is 0.439. The van der Waals surface area contributed by atoms with Gasteiger partial charge < -0.3 is 15.2 Å². The van der Waals surface area contributed by atoms with E-state index in [1.54, 1.807) is 0 Å². The van der Waals surface area contributed by atoms with Gasteiger partial charge in [-0.25, -0.2) is 9.78 Å². The van der Waals surface area contributed by atoms with Gasteiger partial charge in [0.1, 0.15) is 23.1 Å². The van der Waals surface area contributed by atoms with Gasteiger partial charge in [-0.05, 0) is 37.1 Å². The summed E-state index contributed by atoms with van der Waals surface area (Å²) in [5.41, 5.74) is 2.20. The summed E-state index contributed by atoms with van der Waals surface area (Å²) in [6.45, 7) is 4.43. The first-order valence-corrected chi connectivity index (χ1v) is 10.4. The first-order valence-electron chi connectivity index (χ1n) is 10.4. The number of pyridine rings is 2. The lowest BCUT2D eigenvalue weighted by atomic mass is 9.97. The molecule has 0 fully saturated rings. The normalized spacial score (nSPS) is 13.2. The van der Waals surface area contributed by atoms with Crippen molar-refractivity contribution in [1.82, 2.24) is 24.9 Å². The monoisotopic (exact) mass is 419 g/mol. The maximum atomic E-state index is 10.9. The van der Waals surface area contributed by atoms with E-state index in [0.717, 1.165) is 29.4 Å². The van der Waals surface area contributed by atoms with Crippen LogP contribution in [0.3, 0.4) is 0 Å². The summed E-state index contributed by atoms with van der Waals surface area (Å²) >= 11 is 0. The molecule has 0 saturated carbocycles. The van der Waals surface area contributed by atoms with Gasteiger partial charge in [0.05, 0.1) is 0 Å². The second kappa shape index (κ2) is 8.99. The largest absolute Gasteiger partial charge is 0.488 e. The van der Waals surface area contributed by atoms with Crippen LogP contribution in [0.4, 0.5) is 4.79 Å². The molecule has 8 nitrogen and oxygen atoms in total. The van der Waals surface area contributed by atoms with Gasteiger partial charge in [-0.15, -0.1) is 10.2 Å². The van der Waals surface area contributed by atoms with Crippen molar-refractivity contribution in [3.8, 4) is 17.3 Å². The predicted octanol–water partition coefficient (Wildman–Crippen LogP) is 4.40. The van der Waals surface area contributed by atoms with E-state index < -0.39 is 6.09 Å². The molecule has 1 unspecified atom stereocenters. The van der Waals surface area contributed by atoms with Crippen LogP contribution in [0.2, 0.25) is 0 Å². The Balaban J connectivity index is 1.69. The van der Waals surface area contributed by atoms with Crippen molar-refractivity contribution in [1.29, 1.82) is 0 Å². The van der Waals surface area contributed by atoms with Gasteiger partial charge in [-0.2, -0.15) is 0 Å². The average molecular weight is 419 g/mol. The lowest BCUT2D eigenvalue weighted by Crippen LogP contribution is -2.36. The molecule has 0 spiro atoms. The number of benzene rings is 1. The Morgan fingerprint density at radius 1 is 1.10 bits per heavy atom. The molecule has 0 aliphatic carbocycles. The van der Waals surface area contributed by atoms with Crippen LogP contribution in [0.15, 0.2) is 54.7 Å². The van der Waals surface area contributed by atoms with Gasteiger partial charge in [-0.3, -0.25) is 4.40 Å². The second-order valence-corrected chi connectivity index (χ2v) is 7.40. The molecule has 160 valence electrons. The van der Waals surface area contributed by atoms with E-state index in [1.165, 1.54) is 0 Å². The molecule has 0 bridgehead atoms. The van der Waals surface area contributed by atoms with E-state index in [4.69, 9.17) is 14.8 Å². The Hall–Kier alpha value is -3.68. The third-order valence-corrected chi connectivity index (χ3v) is 5.47. The van der Waals surface area contributed by atoms with Crippen molar-refractivity contribution in [2.75, 3.05) is 6.54 Å². The third-order valence-electron chi connectivity index (χ3n) is 5.47. The summed E-state index contributed by atoms with van der Waals surface area (Å²) in [6.07, 6.45) is 2.30. The van der Waals surface area contributed by atoms with E-state index in [2.05, 4.69) is 15.5 Å². The molecule has 0 radical (unpaired) electrons. The fraction of sp³-hybridized carbons (Fsp3) is 0.304. The Morgan fingerprint density at radius 3 is 2.74 bits per heavy atom.